The predicted octanol–water partition coefficient (Wildman–Crippen LogP) is 3.73. The quantitative estimate of drug-likeness (QED) is 0.609. The van der Waals surface area contributed by atoms with Crippen LogP contribution in [0.15, 0.2) is 47.0 Å². The highest BCUT2D eigenvalue weighted by Crippen LogP contribution is 2.60. The summed E-state index contributed by atoms with van der Waals surface area (Å²) in [5.74, 6) is 1.17. The fourth-order valence-corrected chi connectivity index (χ4v) is 5.62. The molecule has 1 aromatic carbocycles. The molecular weight excluding hydrogens is 440 g/mol. The summed E-state index contributed by atoms with van der Waals surface area (Å²) in [6.07, 6.45) is 8.91. The molecule has 1 aromatic heterocycles. The largest absolute Gasteiger partial charge is 0.361 e. The number of piperazine rings is 1. The highest BCUT2D eigenvalue weighted by atomic mass is 16.5. The summed E-state index contributed by atoms with van der Waals surface area (Å²) < 4.78 is 5.28. The van der Waals surface area contributed by atoms with E-state index < -0.39 is 0 Å². The SMILES string of the molecule is CCCc1cc(C(=O)N2CCC3(CC2)C[C@@H]3C(=O)N2CCN(C/C=C/c3ccccc3)CC2)no1. The maximum atomic E-state index is 13.2. The van der Waals surface area contributed by atoms with Crippen molar-refractivity contribution in [3.8, 4) is 0 Å². The van der Waals surface area contributed by atoms with E-state index in [0.717, 1.165) is 70.6 Å². The van der Waals surface area contributed by atoms with Crippen LogP contribution in [-0.2, 0) is 11.2 Å². The fourth-order valence-electron chi connectivity index (χ4n) is 5.62. The standard InChI is InChI=1S/C28H36N4O3/c1-2-7-23-20-25(29-35-23)27(34)31-14-11-28(12-15-31)21-24(28)26(33)32-18-16-30(17-19-32)13-6-10-22-8-4-3-5-9-22/h3-6,8-10,20,24H,2,7,11-19,21H2,1H3/b10-6+/t24-/m1/s1. The lowest BCUT2D eigenvalue weighted by Crippen LogP contribution is -2.49. The maximum Gasteiger partial charge on any atom is 0.276 e. The molecule has 3 aliphatic rings. The number of hydrogen-bond donors (Lipinski definition) is 0. The Morgan fingerprint density at radius 1 is 1.06 bits per heavy atom. The molecule has 2 aliphatic heterocycles. The number of nitrogens with zero attached hydrogens (tertiary/aromatic N) is 4. The van der Waals surface area contributed by atoms with Crippen molar-refractivity contribution in [2.45, 2.75) is 39.0 Å². The van der Waals surface area contributed by atoms with Crippen molar-refractivity contribution in [1.29, 1.82) is 0 Å². The molecule has 3 fully saturated rings. The van der Waals surface area contributed by atoms with Gasteiger partial charge in [-0.15, -0.1) is 0 Å². The van der Waals surface area contributed by atoms with Crippen LogP contribution in [0.3, 0.4) is 0 Å². The second-order valence-electron chi connectivity index (χ2n) is 10.3. The average Bonchev–Trinajstić information content (AvgIpc) is 3.37. The number of piperidine rings is 1. The Kier molecular flexibility index (Phi) is 7.04. The van der Waals surface area contributed by atoms with Gasteiger partial charge in [0.1, 0.15) is 5.76 Å². The predicted molar refractivity (Wildman–Crippen MR) is 135 cm³/mol. The molecule has 1 aliphatic carbocycles. The van der Waals surface area contributed by atoms with Crippen LogP contribution in [0.5, 0.6) is 0 Å². The van der Waals surface area contributed by atoms with Crippen molar-refractivity contribution in [2.75, 3.05) is 45.8 Å². The van der Waals surface area contributed by atoms with Gasteiger partial charge in [-0.2, -0.15) is 0 Å². The van der Waals surface area contributed by atoms with Crippen LogP contribution in [0, 0.1) is 11.3 Å². The molecule has 1 spiro atoms. The molecule has 35 heavy (non-hydrogen) atoms. The maximum absolute atomic E-state index is 13.2. The van der Waals surface area contributed by atoms with Crippen molar-refractivity contribution in [3.05, 3.63) is 59.5 Å². The van der Waals surface area contributed by atoms with Gasteiger partial charge in [0.25, 0.3) is 5.91 Å². The van der Waals surface area contributed by atoms with E-state index in [1.54, 1.807) is 6.07 Å². The van der Waals surface area contributed by atoms with Gasteiger partial charge >= 0.3 is 0 Å². The summed E-state index contributed by atoms with van der Waals surface area (Å²) in [6.45, 7) is 7.84. The molecular formula is C28H36N4O3. The van der Waals surface area contributed by atoms with Gasteiger partial charge in [0, 0.05) is 64.2 Å². The van der Waals surface area contributed by atoms with Crippen LogP contribution >= 0.6 is 0 Å². The van der Waals surface area contributed by atoms with E-state index in [9.17, 15) is 9.59 Å². The highest BCUT2D eigenvalue weighted by molar-refractivity contribution is 5.92. The number of aryl methyl sites for hydroxylation is 1. The van der Waals surface area contributed by atoms with Gasteiger partial charge in [-0.3, -0.25) is 14.5 Å². The molecule has 0 bridgehead atoms. The number of carbonyl (C=O) groups excluding carboxylic acids is 2. The second-order valence-corrected chi connectivity index (χ2v) is 10.3. The Labute approximate surface area is 207 Å². The second kappa shape index (κ2) is 10.4. The van der Waals surface area contributed by atoms with Gasteiger partial charge in [-0.1, -0.05) is 54.6 Å². The molecule has 0 unspecified atom stereocenters. The molecule has 2 aromatic rings. The third-order valence-corrected chi connectivity index (χ3v) is 7.97. The van der Waals surface area contributed by atoms with Crippen molar-refractivity contribution < 1.29 is 14.1 Å². The van der Waals surface area contributed by atoms with Crippen LogP contribution in [0.2, 0.25) is 0 Å². The van der Waals surface area contributed by atoms with E-state index in [1.807, 2.05) is 11.0 Å². The van der Waals surface area contributed by atoms with Crippen molar-refractivity contribution in [3.63, 3.8) is 0 Å². The van der Waals surface area contributed by atoms with E-state index in [4.69, 9.17) is 4.52 Å². The van der Waals surface area contributed by atoms with Crippen LogP contribution in [0.1, 0.15) is 54.4 Å². The lowest BCUT2D eigenvalue weighted by atomic mass is 9.90. The van der Waals surface area contributed by atoms with E-state index >= 15 is 0 Å². The van der Waals surface area contributed by atoms with Gasteiger partial charge in [0.05, 0.1) is 0 Å². The molecule has 7 nitrogen and oxygen atoms in total. The molecule has 0 radical (unpaired) electrons. The van der Waals surface area contributed by atoms with Gasteiger partial charge < -0.3 is 14.3 Å². The van der Waals surface area contributed by atoms with E-state index in [-0.39, 0.29) is 17.2 Å². The molecule has 2 saturated heterocycles. The van der Waals surface area contributed by atoms with Crippen molar-refractivity contribution >= 4 is 17.9 Å². The molecule has 7 heteroatoms. The van der Waals surface area contributed by atoms with Gasteiger partial charge in [0.2, 0.25) is 5.91 Å². The minimum atomic E-state index is -0.0492. The van der Waals surface area contributed by atoms with E-state index in [0.29, 0.717) is 24.7 Å². The minimum Gasteiger partial charge on any atom is -0.361 e. The molecule has 5 rings (SSSR count). The van der Waals surface area contributed by atoms with Crippen LogP contribution in [0.25, 0.3) is 6.08 Å². The third kappa shape index (κ3) is 5.35. The molecule has 186 valence electrons. The number of aromatic nitrogens is 1. The normalized spacial score (nSPS) is 22.1. The van der Waals surface area contributed by atoms with Crippen molar-refractivity contribution in [1.82, 2.24) is 19.9 Å². The first-order valence-electron chi connectivity index (χ1n) is 13.1. The Balaban J connectivity index is 1.06. The average molecular weight is 477 g/mol. The number of rotatable bonds is 7. The Hall–Kier alpha value is -2.93. The smallest absolute Gasteiger partial charge is 0.276 e. The first-order chi connectivity index (χ1) is 17.1. The molecule has 1 atom stereocenters. The topological polar surface area (TPSA) is 69.9 Å². The number of carbonyl (C=O) groups is 2. The monoisotopic (exact) mass is 476 g/mol. The first kappa shape index (κ1) is 23.8. The van der Waals surface area contributed by atoms with Crippen LogP contribution in [0.4, 0.5) is 0 Å². The number of hydrogen-bond acceptors (Lipinski definition) is 5. The lowest BCUT2D eigenvalue weighted by molar-refractivity contribution is -0.135. The number of benzene rings is 1. The summed E-state index contributed by atoms with van der Waals surface area (Å²) in [4.78, 5) is 32.4. The lowest BCUT2D eigenvalue weighted by Gasteiger charge is -2.36. The molecule has 2 amide bonds. The number of amides is 2. The summed E-state index contributed by atoms with van der Waals surface area (Å²) in [5.41, 5.74) is 1.72. The summed E-state index contributed by atoms with van der Waals surface area (Å²) in [6, 6.07) is 12.1. The van der Waals surface area contributed by atoms with Gasteiger partial charge in [0.15, 0.2) is 5.69 Å². The van der Waals surface area contributed by atoms with Crippen LogP contribution < -0.4 is 0 Å². The first-order valence-corrected chi connectivity index (χ1v) is 13.1. The third-order valence-electron chi connectivity index (χ3n) is 7.97. The Bertz CT molecular complexity index is 1050. The van der Waals surface area contributed by atoms with Crippen LogP contribution in [-0.4, -0.2) is 77.5 Å². The summed E-state index contributed by atoms with van der Waals surface area (Å²) in [7, 11) is 0. The fraction of sp³-hybridized carbons (Fsp3) is 0.536. The van der Waals surface area contributed by atoms with Crippen molar-refractivity contribution in [2.24, 2.45) is 11.3 Å². The van der Waals surface area contributed by atoms with E-state index in [1.165, 1.54) is 5.56 Å². The highest BCUT2D eigenvalue weighted by Gasteiger charge is 2.59. The summed E-state index contributed by atoms with van der Waals surface area (Å²) in [5, 5.41) is 3.97. The zero-order chi connectivity index (χ0) is 24.3. The molecule has 1 saturated carbocycles. The van der Waals surface area contributed by atoms with E-state index in [2.05, 4.69) is 58.3 Å². The van der Waals surface area contributed by atoms with Gasteiger partial charge in [-0.05, 0) is 36.7 Å². The number of likely N-dealkylation sites (tertiary alicyclic amines) is 1. The molecule has 0 N–H and O–H groups in total. The Morgan fingerprint density at radius 3 is 2.51 bits per heavy atom. The Morgan fingerprint density at radius 2 is 1.80 bits per heavy atom. The molecule has 3 heterocycles. The zero-order valence-electron chi connectivity index (χ0n) is 20.7. The summed E-state index contributed by atoms with van der Waals surface area (Å²) >= 11 is 0. The van der Waals surface area contributed by atoms with Gasteiger partial charge in [-0.25, -0.2) is 0 Å². The minimum absolute atomic E-state index is 0.0492. The zero-order valence-corrected chi connectivity index (χ0v) is 20.7.